The molecule has 0 bridgehead atoms. The molecular formula is C14H8ClF3N2O3S. The highest BCUT2D eigenvalue weighted by molar-refractivity contribution is 7.88. The Hall–Kier alpha value is -2.26. The fourth-order valence-corrected chi connectivity index (χ4v) is 2.72. The second kappa shape index (κ2) is 5.67. The molecule has 0 amide bonds. The van der Waals surface area contributed by atoms with Crippen molar-refractivity contribution in [2.24, 2.45) is 4.99 Å². The van der Waals surface area contributed by atoms with E-state index in [9.17, 15) is 21.6 Å². The Balaban J connectivity index is 2.02. The smallest absolute Gasteiger partial charge is 0.376 e. The van der Waals surface area contributed by atoms with Crippen LogP contribution in [0.5, 0.6) is 5.75 Å². The molecule has 0 radical (unpaired) electrons. The van der Waals surface area contributed by atoms with Gasteiger partial charge < -0.3 is 9.50 Å². The number of benzene rings is 2. The SMILES string of the molecule is O=S(=O)(Oc1ccc2c(c1)C(Cl)=Nc1ccccc1N2)C(F)(F)F. The molecule has 5 nitrogen and oxygen atoms in total. The lowest BCUT2D eigenvalue weighted by molar-refractivity contribution is -0.0500. The van der Waals surface area contributed by atoms with Gasteiger partial charge in [0.15, 0.2) is 0 Å². The van der Waals surface area contributed by atoms with Crippen molar-refractivity contribution in [1.82, 2.24) is 0 Å². The Labute approximate surface area is 139 Å². The van der Waals surface area contributed by atoms with Crippen LogP contribution in [0, 0.1) is 0 Å². The van der Waals surface area contributed by atoms with Crippen LogP contribution in [0.4, 0.5) is 30.2 Å². The number of nitrogens with one attached hydrogen (secondary N) is 1. The van der Waals surface area contributed by atoms with Gasteiger partial charge in [0.25, 0.3) is 0 Å². The van der Waals surface area contributed by atoms with Crippen LogP contribution in [-0.4, -0.2) is 19.1 Å². The van der Waals surface area contributed by atoms with Gasteiger partial charge in [-0.3, -0.25) is 0 Å². The van der Waals surface area contributed by atoms with Gasteiger partial charge in [0.1, 0.15) is 10.9 Å². The summed E-state index contributed by atoms with van der Waals surface area (Å²) in [5, 5.41) is 3.01. The monoisotopic (exact) mass is 376 g/mol. The Morgan fingerprint density at radius 2 is 1.79 bits per heavy atom. The highest BCUT2D eigenvalue weighted by Gasteiger charge is 2.48. The minimum absolute atomic E-state index is 0.0164. The van der Waals surface area contributed by atoms with Crippen LogP contribution in [0.3, 0.4) is 0 Å². The molecule has 24 heavy (non-hydrogen) atoms. The molecule has 10 heteroatoms. The van der Waals surface area contributed by atoms with E-state index in [-0.39, 0.29) is 10.7 Å². The first-order valence-electron chi connectivity index (χ1n) is 6.43. The van der Waals surface area contributed by atoms with Crippen molar-refractivity contribution in [2.45, 2.75) is 5.51 Å². The lowest BCUT2D eigenvalue weighted by Crippen LogP contribution is -2.28. The molecule has 1 aliphatic rings. The molecule has 0 atom stereocenters. The lowest BCUT2D eigenvalue weighted by atomic mass is 10.2. The molecule has 126 valence electrons. The quantitative estimate of drug-likeness (QED) is 0.627. The zero-order valence-corrected chi connectivity index (χ0v) is 13.2. The van der Waals surface area contributed by atoms with Crippen molar-refractivity contribution in [3.8, 4) is 5.75 Å². The maximum Gasteiger partial charge on any atom is 0.534 e. The van der Waals surface area contributed by atoms with Crippen molar-refractivity contribution in [1.29, 1.82) is 0 Å². The second-order valence-corrected chi connectivity index (χ2v) is 6.63. The van der Waals surface area contributed by atoms with E-state index in [1.54, 1.807) is 24.3 Å². The topological polar surface area (TPSA) is 67.8 Å². The molecule has 0 saturated heterocycles. The number of halogens is 4. The normalized spacial score (nSPS) is 13.9. The summed E-state index contributed by atoms with van der Waals surface area (Å²) in [6.07, 6.45) is 0. The van der Waals surface area contributed by atoms with Crippen LogP contribution in [0.25, 0.3) is 0 Å². The molecule has 1 aliphatic heterocycles. The first-order valence-corrected chi connectivity index (χ1v) is 8.21. The van der Waals surface area contributed by atoms with Gasteiger partial charge in [-0.25, -0.2) is 4.99 Å². The van der Waals surface area contributed by atoms with Crippen molar-refractivity contribution in [3.05, 3.63) is 48.0 Å². The second-order valence-electron chi connectivity index (χ2n) is 4.74. The summed E-state index contributed by atoms with van der Waals surface area (Å²) in [5.74, 6) is -0.521. The van der Waals surface area contributed by atoms with Gasteiger partial charge in [-0.15, -0.1) is 0 Å². The average Bonchev–Trinajstić information content (AvgIpc) is 2.62. The van der Waals surface area contributed by atoms with E-state index in [2.05, 4.69) is 14.5 Å². The zero-order chi connectivity index (χ0) is 17.5. The first-order chi connectivity index (χ1) is 11.2. The summed E-state index contributed by atoms with van der Waals surface area (Å²) in [6.45, 7) is 0. The molecule has 0 aromatic heterocycles. The minimum atomic E-state index is -5.76. The van der Waals surface area contributed by atoms with E-state index in [0.29, 0.717) is 17.1 Å². The van der Waals surface area contributed by atoms with E-state index in [0.717, 1.165) is 12.1 Å². The molecule has 1 N–H and O–H groups in total. The van der Waals surface area contributed by atoms with Crippen molar-refractivity contribution >= 4 is 44.0 Å². The number of para-hydroxylation sites is 2. The fraction of sp³-hybridized carbons (Fsp3) is 0.0714. The van der Waals surface area contributed by atoms with E-state index in [1.807, 2.05) is 0 Å². The third-order valence-electron chi connectivity index (χ3n) is 3.09. The van der Waals surface area contributed by atoms with Gasteiger partial charge in [0.05, 0.1) is 11.4 Å². The number of hydrogen-bond donors (Lipinski definition) is 1. The number of nitrogens with zero attached hydrogens (tertiary/aromatic N) is 1. The van der Waals surface area contributed by atoms with Crippen LogP contribution >= 0.6 is 11.6 Å². The minimum Gasteiger partial charge on any atom is -0.376 e. The highest BCUT2D eigenvalue weighted by atomic mass is 35.5. The molecular weight excluding hydrogens is 369 g/mol. The predicted octanol–water partition coefficient (Wildman–Crippen LogP) is 4.29. The largest absolute Gasteiger partial charge is 0.534 e. The zero-order valence-electron chi connectivity index (χ0n) is 11.6. The molecule has 0 aliphatic carbocycles. The van der Waals surface area contributed by atoms with Crippen LogP contribution in [-0.2, 0) is 10.1 Å². The molecule has 0 unspecified atom stereocenters. The first kappa shape index (κ1) is 16.6. The average molecular weight is 377 g/mol. The Morgan fingerprint density at radius 3 is 2.50 bits per heavy atom. The van der Waals surface area contributed by atoms with Crippen molar-refractivity contribution in [3.63, 3.8) is 0 Å². The van der Waals surface area contributed by atoms with Crippen molar-refractivity contribution < 1.29 is 25.8 Å². The Bertz CT molecular complexity index is 943. The predicted molar refractivity (Wildman–Crippen MR) is 83.8 cm³/mol. The maximum absolute atomic E-state index is 12.4. The van der Waals surface area contributed by atoms with Gasteiger partial charge >= 0.3 is 15.6 Å². The molecule has 0 fully saturated rings. The highest BCUT2D eigenvalue weighted by Crippen LogP contribution is 2.37. The molecule has 0 saturated carbocycles. The van der Waals surface area contributed by atoms with E-state index in [1.165, 1.54) is 6.07 Å². The van der Waals surface area contributed by atoms with Crippen LogP contribution in [0.1, 0.15) is 5.56 Å². The molecule has 2 aromatic carbocycles. The third kappa shape index (κ3) is 3.04. The number of anilines is 2. The summed E-state index contributed by atoms with van der Waals surface area (Å²) in [6, 6.07) is 10.5. The van der Waals surface area contributed by atoms with Gasteiger partial charge in [-0.1, -0.05) is 23.7 Å². The van der Waals surface area contributed by atoms with E-state index < -0.39 is 21.4 Å². The molecule has 2 aromatic rings. The van der Waals surface area contributed by atoms with Gasteiger partial charge in [0, 0.05) is 11.3 Å². The number of hydrogen-bond acceptors (Lipinski definition) is 5. The van der Waals surface area contributed by atoms with Gasteiger partial charge in [0.2, 0.25) is 0 Å². The summed E-state index contributed by atoms with van der Waals surface area (Å²) < 4.78 is 63.5. The van der Waals surface area contributed by atoms with Crippen LogP contribution < -0.4 is 9.50 Å². The maximum atomic E-state index is 12.4. The molecule has 1 heterocycles. The number of alkyl halides is 3. The van der Waals surface area contributed by atoms with Gasteiger partial charge in [-0.2, -0.15) is 21.6 Å². The van der Waals surface area contributed by atoms with Crippen molar-refractivity contribution in [2.75, 3.05) is 5.32 Å². The fourth-order valence-electron chi connectivity index (χ4n) is 2.02. The molecule has 3 rings (SSSR count). The molecule has 0 spiro atoms. The summed E-state index contributed by atoms with van der Waals surface area (Å²) >= 11 is 6.10. The van der Waals surface area contributed by atoms with Gasteiger partial charge in [-0.05, 0) is 30.3 Å². The van der Waals surface area contributed by atoms with E-state index >= 15 is 0 Å². The van der Waals surface area contributed by atoms with E-state index in [4.69, 9.17) is 11.6 Å². The standard InChI is InChI=1S/C14H8ClF3N2O3S/c15-13-9-7-8(23-24(21,22)14(16,17)18)5-6-10(9)19-11-3-1-2-4-12(11)20-13/h1-7,19H. The van der Waals surface area contributed by atoms with Crippen LogP contribution in [0.15, 0.2) is 47.5 Å². The summed E-state index contributed by atoms with van der Waals surface area (Å²) in [4.78, 5) is 4.16. The Kier molecular flexibility index (Phi) is 3.92. The lowest BCUT2D eigenvalue weighted by Gasteiger charge is -2.12. The third-order valence-corrected chi connectivity index (χ3v) is 4.36. The summed E-state index contributed by atoms with van der Waals surface area (Å²) in [5.41, 5.74) is -3.69. The van der Waals surface area contributed by atoms with Crippen LogP contribution in [0.2, 0.25) is 0 Å². The Morgan fingerprint density at radius 1 is 1.08 bits per heavy atom. The number of rotatable bonds is 2. The summed E-state index contributed by atoms with van der Waals surface area (Å²) in [7, 11) is -5.76. The number of fused-ring (bicyclic) bond motifs is 2. The number of aliphatic imine (C=N–C) groups is 1.